The van der Waals surface area contributed by atoms with E-state index < -0.39 is 6.10 Å². The predicted octanol–water partition coefficient (Wildman–Crippen LogP) is 2.26. The molecule has 0 amide bonds. The highest BCUT2D eigenvalue weighted by Crippen LogP contribution is 2.19. The Bertz CT molecular complexity index is 485. The van der Waals surface area contributed by atoms with Crippen molar-refractivity contribution in [1.82, 2.24) is 0 Å². The summed E-state index contributed by atoms with van der Waals surface area (Å²) in [5.41, 5.74) is 7.32. The molecule has 2 aromatic carbocycles. The molecule has 0 aliphatic rings. The number of hydrogen-bond acceptors (Lipinski definition) is 3. The molecule has 3 nitrogen and oxygen atoms in total. The summed E-state index contributed by atoms with van der Waals surface area (Å²) in [4.78, 5) is 0. The molecular weight excluding hydrogens is 226 g/mol. The lowest BCUT2D eigenvalue weighted by Crippen LogP contribution is -2.11. The van der Waals surface area contributed by atoms with Gasteiger partial charge in [0.05, 0.1) is 6.10 Å². The minimum atomic E-state index is -0.634. The van der Waals surface area contributed by atoms with E-state index in [0.29, 0.717) is 6.61 Å². The Kier molecular flexibility index (Phi) is 4.34. The van der Waals surface area contributed by atoms with Crippen LogP contribution in [0.2, 0.25) is 0 Å². The minimum Gasteiger partial charge on any atom is -0.489 e. The summed E-state index contributed by atoms with van der Waals surface area (Å²) in [6.45, 7) is 0.727. The van der Waals surface area contributed by atoms with Crippen LogP contribution < -0.4 is 10.5 Å². The van der Waals surface area contributed by atoms with E-state index in [1.54, 1.807) is 0 Å². The molecule has 18 heavy (non-hydrogen) atoms. The molecule has 0 aliphatic heterocycles. The first kappa shape index (κ1) is 12.6. The van der Waals surface area contributed by atoms with Crippen LogP contribution >= 0.6 is 0 Å². The van der Waals surface area contributed by atoms with Crippen molar-refractivity contribution < 1.29 is 9.84 Å². The highest BCUT2D eigenvalue weighted by Gasteiger charge is 2.05. The lowest BCUT2D eigenvalue weighted by molar-refractivity contribution is 0.186. The summed E-state index contributed by atoms with van der Waals surface area (Å²) in [5, 5.41) is 9.66. The van der Waals surface area contributed by atoms with E-state index in [-0.39, 0.29) is 6.54 Å². The zero-order valence-electron chi connectivity index (χ0n) is 10.1. The molecule has 0 aliphatic carbocycles. The van der Waals surface area contributed by atoms with Gasteiger partial charge in [-0.15, -0.1) is 0 Å². The Balaban J connectivity index is 2.01. The maximum atomic E-state index is 9.66. The van der Waals surface area contributed by atoms with Gasteiger partial charge in [-0.3, -0.25) is 0 Å². The molecule has 2 rings (SSSR count). The van der Waals surface area contributed by atoms with Crippen LogP contribution in [0.15, 0.2) is 54.6 Å². The molecule has 0 fully saturated rings. The van der Waals surface area contributed by atoms with Crippen molar-refractivity contribution in [3.05, 3.63) is 65.7 Å². The molecule has 94 valence electrons. The molecule has 0 unspecified atom stereocenters. The van der Waals surface area contributed by atoms with E-state index in [2.05, 4.69) is 0 Å². The molecule has 2 aromatic rings. The number of ether oxygens (including phenoxy) is 1. The van der Waals surface area contributed by atoms with Crippen molar-refractivity contribution in [3.63, 3.8) is 0 Å². The van der Waals surface area contributed by atoms with Crippen LogP contribution in [-0.4, -0.2) is 11.7 Å². The highest BCUT2D eigenvalue weighted by atomic mass is 16.5. The number of aliphatic hydroxyl groups excluding tert-OH is 1. The number of rotatable bonds is 5. The molecule has 3 heteroatoms. The molecule has 0 radical (unpaired) electrons. The fourth-order valence-electron chi connectivity index (χ4n) is 1.69. The molecule has 0 saturated heterocycles. The first-order valence-electron chi connectivity index (χ1n) is 5.94. The lowest BCUT2D eigenvalue weighted by atomic mass is 10.1. The van der Waals surface area contributed by atoms with Crippen LogP contribution in [0.4, 0.5) is 0 Å². The summed E-state index contributed by atoms with van der Waals surface area (Å²) in [6, 6.07) is 17.3. The minimum absolute atomic E-state index is 0.210. The van der Waals surface area contributed by atoms with Crippen LogP contribution in [0.25, 0.3) is 0 Å². The Morgan fingerprint density at radius 2 is 1.83 bits per heavy atom. The van der Waals surface area contributed by atoms with E-state index in [0.717, 1.165) is 16.9 Å². The smallest absolute Gasteiger partial charge is 0.120 e. The predicted molar refractivity (Wildman–Crippen MR) is 71.2 cm³/mol. The Morgan fingerprint density at radius 1 is 1.06 bits per heavy atom. The first-order valence-corrected chi connectivity index (χ1v) is 5.94. The Hall–Kier alpha value is -1.84. The molecule has 0 saturated carbocycles. The average molecular weight is 243 g/mol. The van der Waals surface area contributed by atoms with E-state index in [1.165, 1.54) is 0 Å². The molecule has 1 atom stereocenters. The van der Waals surface area contributed by atoms with Crippen LogP contribution in [-0.2, 0) is 6.61 Å². The zero-order valence-corrected chi connectivity index (χ0v) is 10.1. The lowest BCUT2D eigenvalue weighted by Gasteiger charge is -2.11. The van der Waals surface area contributed by atoms with Crippen molar-refractivity contribution in [2.75, 3.05) is 6.54 Å². The molecule has 0 bridgehead atoms. The average Bonchev–Trinajstić information content (AvgIpc) is 2.45. The van der Waals surface area contributed by atoms with Crippen molar-refractivity contribution in [2.45, 2.75) is 12.7 Å². The summed E-state index contributed by atoms with van der Waals surface area (Å²) < 4.78 is 5.68. The van der Waals surface area contributed by atoms with Gasteiger partial charge >= 0.3 is 0 Å². The van der Waals surface area contributed by atoms with Crippen LogP contribution in [0.3, 0.4) is 0 Å². The summed E-state index contributed by atoms with van der Waals surface area (Å²) >= 11 is 0. The largest absolute Gasteiger partial charge is 0.489 e. The molecule has 0 aromatic heterocycles. The summed E-state index contributed by atoms with van der Waals surface area (Å²) in [5.74, 6) is 0.740. The number of nitrogens with two attached hydrogens (primary N) is 1. The number of aliphatic hydroxyl groups is 1. The van der Waals surface area contributed by atoms with Gasteiger partial charge in [0.25, 0.3) is 0 Å². The fraction of sp³-hybridized carbons (Fsp3) is 0.200. The van der Waals surface area contributed by atoms with Gasteiger partial charge in [0.15, 0.2) is 0 Å². The monoisotopic (exact) mass is 243 g/mol. The molecule has 3 N–H and O–H groups in total. The van der Waals surface area contributed by atoms with Gasteiger partial charge in [0, 0.05) is 6.54 Å². The standard InChI is InChI=1S/C15H17NO2/c16-10-15(17)13-7-4-8-14(9-13)18-11-12-5-2-1-3-6-12/h1-9,15,17H,10-11,16H2/t15-/m1/s1. The molecular formula is C15H17NO2. The maximum absolute atomic E-state index is 9.66. The first-order chi connectivity index (χ1) is 8.79. The second-order valence-corrected chi connectivity index (χ2v) is 4.10. The van der Waals surface area contributed by atoms with Gasteiger partial charge in [-0.05, 0) is 23.3 Å². The number of benzene rings is 2. The maximum Gasteiger partial charge on any atom is 0.120 e. The van der Waals surface area contributed by atoms with Gasteiger partial charge in [-0.1, -0.05) is 42.5 Å². The Morgan fingerprint density at radius 3 is 2.56 bits per heavy atom. The fourth-order valence-corrected chi connectivity index (χ4v) is 1.69. The number of hydrogen-bond donors (Lipinski definition) is 2. The Labute approximate surface area is 107 Å². The summed E-state index contributed by atoms with van der Waals surface area (Å²) in [7, 11) is 0. The van der Waals surface area contributed by atoms with E-state index >= 15 is 0 Å². The topological polar surface area (TPSA) is 55.5 Å². The van der Waals surface area contributed by atoms with Crippen molar-refractivity contribution in [3.8, 4) is 5.75 Å². The second kappa shape index (κ2) is 6.19. The third-order valence-corrected chi connectivity index (χ3v) is 2.71. The SMILES string of the molecule is NC[C@@H](O)c1cccc(OCc2ccccc2)c1. The van der Waals surface area contributed by atoms with Gasteiger partial charge < -0.3 is 15.6 Å². The van der Waals surface area contributed by atoms with Crippen molar-refractivity contribution in [1.29, 1.82) is 0 Å². The molecule has 0 spiro atoms. The highest BCUT2D eigenvalue weighted by molar-refractivity contribution is 5.30. The second-order valence-electron chi connectivity index (χ2n) is 4.10. The van der Waals surface area contributed by atoms with Crippen LogP contribution in [0.1, 0.15) is 17.2 Å². The molecule has 0 heterocycles. The normalized spacial score (nSPS) is 12.1. The van der Waals surface area contributed by atoms with Gasteiger partial charge in [-0.2, -0.15) is 0 Å². The quantitative estimate of drug-likeness (QED) is 0.847. The van der Waals surface area contributed by atoms with E-state index in [4.69, 9.17) is 10.5 Å². The third kappa shape index (κ3) is 3.32. The van der Waals surface area contributed by atoms with Crippen molar-refractivity contribution in [2.24, 2.45) is 5.73 Å². The van der Waals surface area contributed by atoms with E-state index in [1.807, 2.05) is 54.6 Å². The van der Waals surface area contributed by atoms with Gasteiger partial charge in [0.1, 0.15) is 12.4 Å². The third-order valence-electron chi connectivity index (χ3n) is 2.71. The van der Waals surface area contributed by atoms with Crippen LogP contribution in [0.5, 0.6) is 5.75 Å². The van der Waals surface area contributed by atoms with Gasteiger partial charge in [0.2, 0.25) is 0 Å². The van der Waals surface area contributed by atoms with Gasteiger partial charge in [-0.25, -0.2) is 0 Å². The summed E-state index contributed by atoms with van der Waals surface area (Å²) in [6.07, 6.45) is -0.634. The van der Waals surface area contributed by atoms with E-state index in [9.17, 15) is 5.11 Å². The zero-order chi connectivity index (χ0) is 12.8. The van der Waals surface area contributed by atoms with Crippen molar-refractivity contribution >= 4 is 0 Å². The van der Waals surface area contributed by atoms with Crippen LogP contribution in [0, 0.1) is 0 Å².